The van der Waals surface area contributed by atoms with Gasteiger partial charge in [-0.25, -0.2) is 0 Å². The smallest absolute Gasteiger partial charge is 0.204 e. The van der Waals surface area contributed by atoms with Gasteiger partial charge >= 0.3 is 0 Å². The maximum Gasteiger partial charge on any atom is 0.204 e. The van der Waals surface area contributed by atoms with Crippen LogP contribution in [0.3, 0.4) is 0 Å². The van der Waals surface area contributed by atoms with E-state index in [0.29, 0.717) is 25.0 Å². The summed E-state index contributed by atoms with van der Waals surface area (Å²) in [5, 5.41) is 0. The van der Waals surface area contributed by atoms with Crippen molar-refractivity contribution in [1.82, 2.24) is 0 Å². The molecule has 2 nitrogen and oxygen atoms in total. The number of benzene rings is 2. The highest BCUT2D eigenvalue weighted by Gasteiger charge is 2.36. The molecule has 0 bridgehead atoms. The van der Waals surface area contributed by atoms with Gasteiger partial charge in [-0.15, -0.1) is 0 Å². The summed E-state index contributed by atoms with van der Waals surface area (Å²) in [6.07, 6.45) is 19.8. The molecule has 3 saturated carbocycles. The van der Waals surface area contributed by atoms with Gasteiger partial charge in [0.05, 0.1) is 13.2 Å². The Balaban J connectivity index is 1.07. The molecule has 0 N–H and O–H groups in total. The summed E-state index contributed by atoms with van der Waals surface area (Å²) >= 11 is 0. The van der Waals surface area contributed by atoms with Crippen LogP contribution in [0.5, 0.6) is 11.5 Å². The Kier molecular flexibility index (Phi) is 10.2. The molecule has 0 radical (unpaired) electrons. The van der Waals surface area contributed by atoms with Gasteiger partial charge in [0, 0.05) is 0 Å². The van der Waals surface area contributed by atoms with Crippen LogP contribution >= 0.6 is 0 Å². The molecule has 4 unspecified atom stereocenters. The number of halogens is 2. The average Bonchev–Trinajstić information content (AvgIpc) is 2.99. The third-order valence-electron chi connectivity index (χ3n) is 10.2. The van der Waals surface area contributed by atoms with Crippen molar-refractivity contribution in [2.45, 2.75) is 103 Å². The molecular formula is C36H48F2O2. The van der Waals surface area contributed by atoms with Gasteiger partial charge in [0.25, 0.3) is 0 Å². The van der Waals surface area contributed by atoms with E-state index in [2.05, 4.69) is 43.3 Å². The summed E-state index contributed by atoms with van der Waals surface area (Å²) in [5.74, 6) is 2.26. The molecule has 2 aromatic carbocycles. The highest BCUT2D eigenvalue weighted by atomic mass is 19.2. The van der Waals surface area contributed by atoms with E-state index >= 15 is 0 Å². The fraction of sp³-hybridized carbons (Fsp3) is 0.611. The van der Waals surface area contributed by atoms with Gasteiger partial charge in [-0.2, -0.15) is 8.78 Å². The number of fused-ring (bicyclic) bond motifs is 1. The molecule has 0 amide bonds. The second-order valence-electron chi connectivity index (χ2n) is 12.7. The Labute approximate surface area is 240 Å². The highest BCUT2D eigenvalue weighted by molar-refractivity contribution is 5.35. The van der Waals surface area contributed by atoms with E-state index in [1.165, 1.54) is 81.9 Å². The van der Waals surface area contributed by atoms with Crippen molar-refractivity contribution in [3.63, 3.8) is 0 Å². The first-order valence-corrected chi connectivity index (χ1v) is 16.0. The number of hydrogen-bond donors (Lipinski definition) is 0. The molecule has 0 heterocycles. The summed E-state index contributed by atoms with van der Waals surface area (Å²) in [7, 11) is 0. The standard InChI is InChI=1S/C36H48F2O2/c1-3-5-6-7-25-8-11-27(12-9-25)28-14-16-29(17-15-28)31-19-18-30-22-26(10-13-32(30)23-31)24-40-34-21-20-33(39-4-2)35(37)36(34)38/h3,5,14-17,20-21,25-27,30-32H,4,6-13,18-19,22-24H2,1-2H3/b5-3+. The van der Waals surface area contributed by atoms with Crippen LogP contribution in [0.2, 0.25) is 0 Å². The van der Waals surface area contributed by atoms with Gasteiger partial charge in [0.1, 0.15) is 0 Å². The van der Waals surface area contributed by atoms with Gasteiger partial charge in [0.15, 0.2) is 11.5 Å². The first-order chi connectivity index (χ1) is 19.6. The molecule has 4 heteroatoms. The molecule has 3 aliphatic rings. The molecule has 3 fully saturated rings. The van der Waals surface area contributed by atoms with E-state index in [-0.39, 0.29) is 11.5 Å². The van der Waals surface area contributed by atoms with E-state index in [4.69, 9.17) is 9.47 Å². The zero-order valence-corrected chi connectivity index (χ0v) is 24.6. The zero-order valence-electron chi connectivity index (χ0n) is 24.6. The molecule has 4 atom stereocenters. The molecular weight excluding hydrogens is 502 g/mol. The van der Waals surface area contributed by atoms with E-state index in [9.17, 15) is 8.78 Å². The minimum atomic E-state index is -0.961. The molecule has 5 rings (SSSR count). The van der Waals surface area contributed by atoms with E-state index in [0.717, 1.165) is 36.5 Å². The largest absolute Gasteiger partial charge is 0.491 e. The average molecular weight is 551 g/mol. The van der Waals surface area contributed by atoms with Crippen molar-refractivity contribution in [2.24, 2.45) is 23.7 Å². The summed E-state index contributed by atoms with van der Waals surface area (Å²) in [4.78, 5) is 0. The van der Waals surface area contributed by atoms with Crippen LogP contribution in [-0.2, 0) is 0 Å². The fourth-order valence-corrected chi connectivity index (χ4v) is 7.86. The Bertz CT molecular complexity index is 1100. The van der Waals surface area contributed by atoms with Gasteiger partial charge < -0.3 is 9.47 Å². The predicted molar refractivity (Wildman–Crippen MR) is 159 cm³/mol. The summed E-state index contributed by atoms with van der Waals surface area (Å²) in [6, 6.07) is 12.7. The minimum Gasteiger partial charge on any atom is -0.491 e. The Morgan fingerprint density at radius 1 is 0.700 bits per heavy atom. The van der Waals surface area contributed by atoms with Gasteiger partial charge in [-0.05, 0) is 150 Å². The topological polar surface area (TPSA) is 18.5 Å². The van der Waals surface area contributed by atoms with Gasteiger partial charge in [-0.1, -0.05) is 36.4 Å². The molecule has 0 spiro atoms. The fourth-order valence-electron chi connectivity index (χ4n) is 7.86. The van der Waals surface area contributed by atoms with E-state index < -0.39 is 11.6 Å². The van der Waals surface area contributed by atoms with E-state index in [1.54, 1.807) is 12.5 Å². The molecule has 218 valence electrons. The lowest BCUT2D eigenvalue weighted by molar-refractivity contribution is 0.0901. The van der Waals surface area contributed by atoms with Crippen LogP contribution < -0.4 is 9.47 Å². The maximum absolute atomic E-state index is 14.4. The lowest BCUT2D eigenvalue weighted by Gasteiger charge is -2.42. The zero-order chi connectivity index (χ0) is 27.9. The summed E-state index contributed by atoms with van der Waals surface area (Å²) in [5.41, 5.74) is 3.08. The summed E-state index contributed by atoms with van der Waals surface area (Å²) < 4.78 is 39.6. The molecule has 3 aliphatic carbocycles. The number of rotatable bonds is 10. The maximum atomic E-state index is 14.4. The normalized spacial score (nSPS) is 28.8. The van der Waals surface area contributed by atoms with Crippen LogP contribution in [-0.4, -0.2) is 13.2 Å². The quantitative estimate of drug-likeness (QED) is 0.274. The van der Waals surface area contributed by atoms with Crippen LogP contribution in [0.1, 0.15) is 114 Å². The van der Waals surface area contributed by atoms with Crippen LogP contribution in [0.4, 0.5) is 8.78 Å². The first kappa shape index (κ1) is 29.1. The van der Waals surface area contributed by atoms with E-state index in [1.807, 2.05) is 0 Å². The number of allylic oxidation sites excluding steroid dienone is 2. The molecule has 0 aromatic heterocycles. The van der Waals surface area contributed by atoms with Crippen LogP contribution in [0, 0.1) is 35.3 Å². The van der Waals surface area contributed by atoms with Gasteiger partial charge in [-0.3, -0.25) is 0 Å². The lowest BCUT2D eigenvalue weighted by atomic mass is 9.64. The Morgan fingerprint density at radius 3 is 1.95 bits per heavy atom. The number of hydrogen-bond acceptors (Lipinski definition) is 2. The predicted octanol–water partition coefficient (Wildman–Crippen LogP) is 10.4. The Morgan fingerprint density at radius 2 is 1.27 bits per heavy atom. The third kappa shape index (κ3) is 7.09. The molecule has 40 heavy (non-hydrogen) atoms. The van der Waals surface area contributed by atoms with Crippen molar-refractivity contribution < 1.29 is 18.3 Å². The lowest BCUT2D eigenvalue weighted by Crippen LogP contribution is -2.32. The van der Waals surface area contributed by atoms with Gasteiger partial charge in [0.2, 0.25) is 11.6 Å². The molecule has 0 aliphatic heterocycles. The van der Waals surface area contributed by atoms with Crippen LogP contribution in [0.25, 0.3) is 0 Å². The second-order valence-corrected chi connectivity index (χ2v) is 12.7. The molecule has 0 saturated heterocycles. The van der Waals surface area contributed by atoms with Crippen LogP contribution in [0.15, 0.2) is 48.6 Å². The Hall–Kier alpha value is -2.36. The van der Waals surface area contributed by atoms with Crippen molar-refractivity contribution in [3.8, 4) is 11.5 Å². The van der Waals surface area contributed by atoms with Crippen molar-refractivity contribution in [1.29, 1.82) is 0 Å². The summed E-state index contributed by atoms with van der Waals surface area (Å²) in [6.45, 7) is 4.62. The SMILES string of the molecule is C/C=C/CCC1CCC(c2ccc(C3CCC4CC(COc5ccc(OCC)c(F)c5F)CCC4C3)cc2)CC1. The third-order valence-corrected chi connectivity index (χ3v) is 10.2. The van der Waals surface area contributed by atoms with Crippen molar-refractivity contribution in [2.75, 3.05) is 13.2 Å². The molecule has 2 aromatic rings. The van der Waals surface area contributed by atoms with Crippen molar-refractivity contribution in [3.05, 3.63) is 71.3 Å². The van der Waals surface area contributed by atoms with Crippen molar-refractivity contribution >= 4 is 0 Å². The second kappa shape index (κ2) is 14.0. The minimum absolute atomic E-state index is 0.00678. The highest BCUT2D eigenvalue weighted by Crippen LogP contribution is 2.48. The number of ether oxygens (including phenoxy) is 2. The first-order valence-electron chi connectivity index (χ1n) is 16.0. The monoisotopic (exact) mass is 550 g/mol.